The minimum atomic E-state index is 0.0167. The van der Waals surface area contributed by atoms with Crippen LogP contribution < -0.4 is 0 Å². The summed E-state index contributed by atoms with van der Waals surface area (Å²) in [5.74, 6) is 0.0167. The largest absolute Gasteiger partial charge is 0.336 e. The van der Waals surface area contributed by atoms with Gasteiger partial charge in [0.1, 0.15) is 0 Å². The number of aromatic nitrogens is 2. The van der Waals surface area contributed by atoms with Crippen LogP contribution in [-0.2, 0) is 26.1 Å². The van der Waals surface area contributed by atoms with Crippen LogP contribution in [0.25, 0.3) is 0 Å². The average Bonchev–Trinajstić information content (AvgIpc) is 3.21. The molecule has 1 amide bonds. The fourth-order valence-corrected chi connectivity index (χ4v) is 3.62. The van der Waals surface area contributed by atoms with Gasteiger partial charge in [0.15, 0.2) is 0 Å². The molecule has 2 heterocycles. The van der Waals surface area contributed by atoms with Gasteiger partial charge in [-0.1, -0.05) is 36.4 Å². The molecule has 4 rings (SSSR count). The Kier molecular flexibility index (Phi) is 5.03. The Bertz CT molecular complexity index is 902. The van der Waals surface area contributed by atoms with E-state index in [1.54, 1.807) is 11.1 Å². The lowest BCUT2D eigenvalue weighted by Crippen LogP contribution is -2.30. The van der Waals surface area contributed by atoms with Crippen LogP contribution in [0.5, 0.6) is 0 Å². The summed E-state index contributed by atoms with van der Waals surface area (Å²) < 4.78 is 0. The van der Waals surface area contributed by atoms with Gasteiger partial charge >= 0.3 is 0 Å². The van der Waals surface area contributed by atoms with Gasteiger partial charge in [0, 0.05) is 38.4 Å². The summed E-state index contributed by atoms with van der Waals surface area (Å²) in [6, 6.07) is 18.6. The molecular weight excluding hydrogens is 336 g/mol. The van der Waals surface area contributed by atoms with Crippen molar-refractivity contribution in [3.8, 4) is 0 Å². The van der Waals surface area contributed by atoms with Crippen molar-refractivity contribution in [1.82, 2.24) is 20.0 Å². The molecule has 1 aliphatic heterocycles. The van der Waals surface area contributed by atoms with Gasteiger partial charge in [0.2, 0.25) is 0 Å². The van der Waals surface area contributed by atoms with Crippen LogP contribution in [0.4, 0.5) is 0 Å². The van der Waals surface area contributed by atoms with E-state index in [1.807, 2.05) is 25.2 Å². The summed E-state index contributed by atoms with van der Waals surface area (Å²) in [4.78, 5) is 16.8. The molecule has 138 valence electrons. The molecule has 0 saturated heterocycles. The highest BCUT2D eigenvalue weighted by atomic mass is 16.2. The Morgan fingerprint density at radius 3 is 2.63 bits per heavy atom. The van der Waals surface area contributed by atoms with Crippen molar-refractivity contribution in [3.05, 3.63) is 88.7 Å². The van der Waals surface area contributed by atoms with Gasteiger partial charge in [-0.05, 0) is 41.3 Å². The molecule has 0 saturated carbocycles. The number of H-pyrrole nitrogens is 1. The normalized spacial score (nSPS) is 14.0. The number of fused-ring (bicyclic) bond motifs is 1. The van der Waals surface area contributed by atoms with Crippen LogP contribution in [0, 0.1) is 0 Å². The summed E-state index contributed by atoms with van der Waals surface area (Å²) in [6.45, 7) is 3.49. The number of nitrogens with one attached hydrogen (secondary N) is 1. The first-order chi connectivity index (χ1) is 13.2. The van der Waals surface area contributed by atoms with Crippen LogP contribution in [0.2, 0.25) is 0 Å². The Morgan fingerprint density at radius 1 is 1.11 bits per heavy atom. The summed E-state index contributed by atoms with van der Waals surface area (Å²) in [6.07, 6.45) is 2.80. The Morgan fingerprint density at radius 2 is 1.89 bits per heavy atom. The van der Waals surface area contributed by atoms with Crippen LogP contribution in [0.15, 0.2) is 60.8 Å². The van der Waals surface area contributed by atoms with Gasteiger partial charge < -0.3 is 4.90 Å². The van der Waals surface area contributed by atoms with Crippen molar-refractivity contribution in [2.45, 2.75) is 26.1 Å². The molecule has 1 aromatic heterocycles. The van der Waals surface area contributed by atoms with E-state index in [2.05, 4.69) is 51.5 Å². The van der Waals surface area contributed by atoms with Crippen molar-refractivity contribution in [3.63, 3.8) is 0 Å². The molecule has 27 heavy (non-hydrogen) atoms. The third kappa shape index (κ3) is 4.09. The molecule has 0 radical (unpaired) electrons. The van der Waals surface area contributed by atoms with E-state index in [4.69, 9.17) is 0 Å². The zero-order valence-corrected chi connectivity index (χ0v) is 15.6. The number of benzene rings is 2. The summed E-state index contributed by atoms with van der Waals surface area (Å²) in [7, 11) is 1.81. The fourth-order valence-electron chi connectivity index (χ4n) is 3.62. The molecule has 0 atom stereocenters. The number of carbonyl (C=O) groups excluding carboxylic acids is 1. The third-order valence-electron chi connectivity index (χ3n) is 5.13. The first kappa shape index (κ1) is 17.5. The highest BCUT2D eigenvalue weighted by molar-refractivity contribution is 5.94. The van der Waals surface area contributed by atoms with Gasteiger partial charge in [-0.3, -0.25) is 14.8 Å². The molecule has 1 aliphatic rings. The number of hydrogen-bond acceptors (Lipinski definition) is 3. The standard InChI is InChI=1S/C22H24N4O/c1-25(16-21-10-12-23-24-21)22(27)19-8-6-17(7-9-19)14-26-13-11-18-4-2-3-5-20(18)15-26/h2-10,12H,11,13-16H2,1H3,(H,23,24). The second kappa shape index (κ2) is 7.76. The van der Waals surface area contributed by atoms with E-state index >= 15 is 0 Å². The van der Waals surface area contributed by atoms with Crippen molar-refractivity contribution >= 4 is 5.91 Å². The topological polar surface area (TPSA) is 52.2 Å². The monoisotopic (exact) mass is 360 g/mol. The second-order valence-corrected chi connectivity index (χ2v) is 7.17. The number of carbonyl (C=O) groups is 1. The third-order valence-corrected chi connectivity index (χ3v) is 5.13. The summed E-state index contributed by atoms with van der Waals surface area (Å²) >= 11 is 0. The summed E-state index contributed by atoms with van der Waals surface area (Å²) in [5, 5.41) is 6.81. The molecular formula is C22H24N4O. The molecule has 0 aliphatic carbocycles. The molecule has 0 unspecified atom stereocenters. The van der Waals surface area contributed by atoms with E-state index < -0.39 is 0 Å². The average molecular weight is 360 g/mol. The molecule has 2 aromatic carbocycles. The molecule has 0 bridgehead atoms. The highest BCUT2D eigenvalue weighted by Gasteiger charge is 2.16. The Hall–Kier alpha value is -2.92. The van der Waals surface area contributed by atoms with Crippen LogP contribution in [0.1, 0.15) is 32.7 Å². The first-order valence-electron chi connectivity index (χ1n) is 9.31. The predicted octanol–water partition coefficient (Wildman–Crippen LogP) is 3.24. The molecule has 0 spiro atoms. The SMILES string of the molecule is CN(Cc1ccn[nH]1)C(=O)c1ccc(CN2CCc3ccccc3C2)cc1. The highest BCUT2D eigenvalue weighted by Crippen LogP contribution is 2.20. The summed E-state index contributed by atoms with van der Waals surface area (Å²) in [5.41, 5.74) is 5.77. The van der Waals surface area contributed by atoms with Crippen LogP contribution >= 0.6 is 0 Å². The van der Waals surface area contributed by atoms with Gasteiger partial charge in [-0.25, -0.2) is 0 Å². The minimum Gasteiger partial charge on any atom is -0.336 e. The van der Waals surface area contributed by atoms with Gasteiger partial charge in [-0.15, -0.1) is 0 Å². The van der Waals surface area contributed by atoms with Gasteiger partial charge in [0.05, 0.1) is 12.2 Å². The van der Waals surface area contributed by atoms with Gasteiger partial charge in [0.25, 0.3) is 5.91 Å². The molecule has 1 N–H and O–H groups in total. The zero-order chi connectivity index (χ0) is 18.6. The zero-order valence-electron chi connectivity index (χ0n) is 15.6. The maximum Gasteiger partial charge on any atom is 0.253 e. The van der Waals surface area contributed by atoms with Crippen LogP contribution in [-0.4, -0.2) is 39.5 Å². The number of hydrogen-bond donors (Lipinski definition) is 1. The minimum absolute atomic E-state index is 0.0167. The van der Waals surface area contributed by atoms with Crippen molar-refractivity contribution < 1.29 is 4.79 Å². The van der Waals surface area contributed by atoms with Crippen LogP contribution in [0.3, 0.4) is 0 Å². The lowest BCUT2D eigenvalue weighted by Gasteiger charge is -2.28. The molecule has 5 heteroatoms. The predicted molar refractivity (Wildman–Crippen MR) is 105 cm³/mol. The Balaban J connectivity index is 1.37. The van der Waals surface area contributed by atoms with E-state index in [-0.39, 0.29) is 5.91 Å². The number of nitrogens with zero attached hydrogens (tertiary/aromatic N) is 3. The van der Waals surface area contributed by atoms with E-state index in [9.17, 15) is 4.79 Å². The molecule has 0 fully saturated rings. The van der Waals surface area contributed by atoms with Gasteiger partial charge in [-0.2, -0.15) is 5.10 Å². The smallest absolute Gasteiger partial charge is 0.253 e. The maximum absolute atomic E-state index is 12.6. The van der Waals surface area contributed by atoms with Crippen molar-refractivity contribution in [2.24, 2.45) is 0 Å². The molecule has 3 aromatic rings. The Labute approximate surface area is 159 Å². The van der Waals surface area contributed by atoms with Crippen molar-refractivity contribution in [1.29, 1.82) is 0 Å². The molecule has 5 nitrogen and oxygen atoms in total. The number of aromatic amines is 1. The second-order valence-electron chi connectivity index (χ2n) is 7.17. The maximum atomic E-state index is 12.6. The fraction of sp³-hybridized carbons (Fsp3) is 0.273. The lowest BCUT2D eigenvalue weighted by molar-refractivity contribution is 0.0783. The first-order valence-corrected chi connectivity index (χ1v) is 9.31. The van der Waals surface area contributed by atoms with E-state index in [1.165, 1.54) is 16.7 Å². The van der Waals surface area contributed by atoms with E-state index in [0.29, 0.717) is 12.1 Å². The lowest BCUT2D eigenvalue weighted by atomic mass is 9.99. The van der Waals surface area contributed by atoms with Crippen molar-refractivity contribution in [2.75, 3.05) is 13.6 Å². The van der Waals surface area contributed by atoms with E-state index in [0.717, 1.165) is 31.7 Å². The number of amides is 1. The quantitative estimate of drug-likeness (QED) is 0.760. The number of rotatable bonds is 5.